The molecule has 6 heteroatoms. The molecule has 2 aromatic rings. The van der Waals surface area contributed by atoms with E-state index >= 15 is 0 Å². The molecular weight excluding hydrogens is 312 g/mol. The fourth-order valence-electron chi connectivity index (χ4n) is 3.11. The number of aryl methyl sites for hydroxylation is 2. The molecule has 1 fully saturated rings. The molecule has 0 radical (unpaired) electrons. The van der Waals surface area contributed by atoms with Crippen molar-refractivity contribution in [2.24, 2.45) is 0 Å². The minimum Gasteiger partial charge on any atom is -0.459 e. The van der Waals surface area contributed by atoms with E-state index in [0.717, 1.165) is 48.7 Å². The third-order valence-corrected chi connectivity index (χ3v) is 5.44. The maximum Gasteiger partial charge on any atom is 0.266 e. The van der Waals surface area contributed by atoms with Crippen molar-refractivity contribution in [3.63, 3.8) is 0 Å². The van der Waals surface area contributed by atoms with Crippen molar-refractivity contribution in [2.75, 3.05) is 13.2 Å². The Bertz CT molecular complexity index is 692. The van der Waals surface area contributed by atoms with Crippen LogP contribution < -0.4 is 0 Å². The fraction of sp³-hybridized carbons (Fsp3) is 0.529. The maximum absolute atomic E-state index is 12.9. The molecule has 2 aromatic heterocycles. The zero-order valence-corrected chi connectivity index (χ0v) is 14.4. The summed E-state index contributed by atoms with van der Waals surface area (Å²) in [6.45, 7) is 4.75. The number of carbonyl (C=O) groups is 1. The van der Waals surface area contributed by atoms with Crippen LogP contribution in [0, 0.1) is 13.8 Å². The molecule has 0 bridgehead atoms. The van der Waals surface area contributed by atoms with E-state index in [1.807, 2.05) is 30.9 Å². The largest absolute Gasteiger partial charge is 0.459 e. The van der Waals surface area contributed by atoms with Gasteiger partial charge < -0.3 is 14.4 Å². The Balaban J connectivity index is 1.81. The van der Waals surface area contributed by atoms with Crippen LogP contribution in [0.25, 0.3) is 10.8 Å². The summed E-state index contributed by atoms with van der Waals surface area (Å²) in [5, 5.41) is 9.78. The average Bonchev–Trinajstić information content (AvgIpc) is 3.24. The number of nitrogens with zero attached hydrogens (tertiary/aromatic N) is 2. The van der Waals surface area contributed by atoms with Gasteiger partial charge in [-0.25, -0.2) is 4.98 Å². The first-order valence-electron chi connectivity index (χ1n) is 8.06. The third kappa shape index (κ3) is 3.33. The lowest BCUT2D eigenvalue weighted by molar-refractivity contribution is 0.0728. The number of amides is 1. The van der Waals surface area contributed by atoms with E-state index in [0.29, 0.717) is 10.6 Å². The molecule has 1 aliphatic heterocycles. The molecule has 1 N–H and O–H groups in total. The quantitative estimate of drug-likeness (QED) is 0.910. The van der Waals surface area contributed by atoms with Crippen LogP contribution in [-0.2, 0) is 0 Å². The molecule has 0 aliphatic carbocycles. The zero-order valence-electron chi connectivity index (χ0n) is 13.5. The van der Waals surface area contributed by atoms with Gasteiger partial charge in [0.15, 0.2) is 10.8 Å². The van der Waals surface area contributed by atoms with E-state index in [2.05, 4.69) is 4.98 Å². The van der Waals surface area contributed by atoms with E-state index in [1.54, 1.807) is 0 Å². The first kappa shape index (κ1) is 16.2. The highest BCUT2D eigenvalue weighted by atomic mass is 32.1. The fourth-order valence-corrected chi connectivity index (χ4v) is 4.09. The zero-order chi connectivity index (χ0) is 16.4. The number of rotatable bonds is 5. The molecule has 1 unspecified atom stereocenters. The van der Waals surface area contributed by atoms with Crippen molar-refractivity contribution in [1.82, 2.24) is 9.88 Å². The molecular formula is C17H22N2O3S. The summed E-state index contributed by atoms with van der Waals surface area (Å²) in [4.78, 5) is 20.1. The minimum absolute atomic E-state index is 0.0648. The van der Waals surface area contributed by atoms with Gasteiger partial charge in [-0.2, -0.15) is 0 Å². The highest BCUT2D eigenvalue weighted by Crippen LogP contribution is 2.32. The van der Waals surface area contributed by atoms with Gasteiger partial charge in [-0.1, -0.05) is 0 Å². The second-order valence-electron chi connectivity index (χ2n) is 6.00. The van der Waals surface area contributed by atoms with E-state index in [4.69, 9.17) is 9.52 Å². The van der Waals surface area contributed by atoms with Crippen LogP contribution in [0.4, 0.5) is 0 Å². The van der Waals surface area contributed by atoms with Crippen LogP contribution in [0.1, 0.15) is 46.8 Å². The van der Waals surface area contributed by atoms with E-state index in [9.17, 15) is 4.79 Å². The normalized spacial score (nSPS) is 17.9. The molecule has 5 nitrogen and oxygen atoms in total. The number of thiazole rings is 1. The van der Waals surface area contributed by atoms with Gasteiger partial charge in [0.25, 0.3) is 5.91 Å². The molecule has 1 saturated heterocycles. The third-order valence-electron chi connectivity index (χ3n) is 4.28. The maximum atomic E-state index is 12.9. The number of furan rings is 1. The first-order chi connectivity index (χ1) is 11.1. The summed E-state index contributed by atoms with van der Waals surface area (Å²) in [6.07, 6.45) is 3.66. The number of likely N-dealkylation sites (tertiary alicyclic amines) is 1. The molecule has 0 aromatic carbocycles. The van der Waals surface area contributed by atoms with Gasteiger partial charge in [0, 0.05) is 19.2 Å². The Morgan fingerprint density at radius 3 is 3.00 bits per heavy atom. The number of aromatic nitrogens is 1. The Labute approximate surface area is 140 Å². The van der Waals surface area contributed by atoms with Crippen LogP contribution in [-0.4, -0.2) is 40.1 Å². The minimum atomic E-state index is 0.0648. The number of carbonyl (C=O) groups excluding carboxylic acids is 1. The predicted octanol–water partition coefficient (Wildman–Crippen LogP) is 3.40. The SMILES string of the molecule is Cc1ccc(-c2nc(C)c(C(=O)N3CCCC3CCCO)s2)o1. The van der Waals surface area contributed by atoms with Crippen molar-refractivity contribution >= 4 is 17.2 Å². The summed E-state index contributed by atoms with van der Waals surface area (Å²) < 4.78 is 5.61. The van der Waals surface area contributed by atoms with Gasteiger partial charge in [-0.3, -0.25) is 4.79 Å². The average molecular weight is 334 g/mol. The smallest absolute Gasteiger partial charge is 0.266 e. The number of hydrogen-bond acceptors (Lipinski definition) is 5. The first-order valence-corrected chi connectivity index (χ1v) is 8.88. The molecule has 124 valence electrons. The lowest BCUT2D eigenvalue weighted by atomic mass is 10.1. The standard InChI is InChI=1S/C17H22N2O3S/c1-11-7-8-14(22-11)16-18-12(2)15(23-16)17(21)19-9-3-5-13(19)6-4-10-20/h7-8,13,20H,3-6,9-10H2,1-2H3. The molecule has 0 spiro atoms. The predicted molar refractivity (Wildman–Crippen MR) is 89.7 cm³/mol. The number of aliphatic hydroxyl groups excluding tert-OH is 1. The van der Waals surface area contributed by atoms with Crippen LogP contribution in [0.15, 0.2) is 16.5 Å². The highest BCUT2D eigenvalue weighted by molar-refractivity contribution is 7.17. The van der Waals surface area contributed by atoms with Gasteiger partial charge in [0.05, 0.1) is 5.69 Å². The summed E-state index contributed by atoms with van der Waals surface area (Å²) >= 11 is 1.40. The van der Waals surface area contributed by atoms with Gasteiger partial charge in [0.2, 0.25) is 0 Å². The molecule has 1 amide bonds. The summed E-state index contributed by atoms with van der Waals surface area (Å²) in [7, 11) is 0. The molecule has 3 heterocycles. The lowest BCUT2D eigenvalue weighted by Crippen LogP contribution is -2.35. The van der Waals surface area contributed by atoms with E-state index in [-0.39, 0.29) is 18.6 Å². The van der Waals surface area contributed by atoms with Gasteiger partial charge in [-0.05, 0) is 51.7 Å². The van der Waals surface area contributed by atoms with Gasteiger partial charge >= 0.3 is 0 Å². The van der Waals surface area contributed by atoms with E-state index in [1.165, 1.54) is 11.3 Å². The molecule has 0 saturated carbocycles. The van der Waals surface area contributed by atoms with Crippen LogP contribution in [0.5, 0.6) is 0 Å². The highest BCUT2D eigenvalue weighted by Gasteiger charge is 2.31. The summed E-state index contributed by atoms with van der Waals surface area (Å²) in [5.41, 5.74) is 0.761. The second-order valence-corrected chi connectivity index (χ2v) is 7.00. The Morgan fingerprint density at radius 1 is 1.48 bits per heavy atom. The lowest BCUT2D eigenvalue weighted by Gasteiger charge is -2.24. The van der Waals surface area contributed by atoms with Crippen LogP contribution in [0.3, 0.4) is 0 Å². The Hall–Kier alpha value is -1.66. The second kappa shape index (κ2) is 6.84. The van der Waals surface area contributed by atoms with Crippen molar-refractivity contribution in [1.29, 1.82) is 0 Å². The van der Waals surface area contributed by atoms with Crippen LogP contribution >= 0.6 is 11.3 Å². The number of hydrogen-bond donors (Lipinski definition) is 1. The Kier molecular flexibility index (Phi) is 4.82. The van der Waals surface area contributed by atoms with Crippen molar-refractivity contribution in [3.8, 4) is 10.8 Å². The summed E-state index contributed by atoms with van der Waals surface area (Å²) in [5.74, 6) is 1.62. The molecule has 1 aliphatic rings. The monoisotopic (exact) mass is 334 g/mol. The van der Waals surface area contributed by atoms with Crippen molar-refractivity contribution < 1.29 is 14.3 Å². The number of aliphatic hydroxyl groups is 1. The van der Waals surface area contributed by atoms with Crippen LogP contribution in [0.2, 0.25) is 0 Å². The van der Waals surface area contributed by atoms with Crippen molar-refractivity contribution in [2.45, 2.75) is 45.6 Å². The van der Waals surface area contributed by atoms with Gasteiger partial charge in [0.1, 0.15) is 10.6 Å². The van der Waals surface area contributed by atoms with E-state index < -0.39 is 0 Å². The van der Waals surface area contributed by atoms with Gasteiger partial charge in [-0.15, -0.1) is 11.3 Å². The molecule has 1 atom stereocenters. The summed E-state index contributed by atoms with van der Waals surface area (Å²) in [6, 6.07) is 4.03. The van der Waals surface area contributed by atoms with Crippen molar-refractivity contribution in [3.05, 3.63) is 28.5 Å². The molecule has 23 heavy (non-hydrogen) atoms. The Morgan fingerprint density at radius 2 is 2.30 bits per heavy atom. The topological polar surface area (TPSA) is 66.6 Å². The molecule has 3 rings (SSSR count).